The van der Waals surface area contributed by atoms with Crippen LogP contribution in [-0.4, -0.2) is 45.0 Å². The van der Waals surface area contributed by atoms with Crippen LogP contribution in [0.2, 0.25) is 0 Å². The van der Waals surface area contributed by atoms with Gasteiger partial charge in [0.15, 0.2) is 0 Å². The van der Waals surface area contributed by atoms with Gasteiger partial charge in [0.25, 0.3) is 0 Å². The summed E-state index contributed by atoms with van der Waals surface area (Å²) in [6.07, 6.45) is 4.62. The molecular formula is C28H32F2N2O2. The van der Waals surface area contributed by atoms with E-state index in [1.165, 1.54) is 16.7 Å². The fraction of sp³-hybridized carbons (Fsp3) is 0.500. The normalized spacial score (nSPS) is 24.4. The molecule has 2 saturated heterocycles. The van der Waals surface area contributed by atoms with Crippen LogP contribution in [0.5, 0.6) is 0 Å². The minimum atomic E-state index is -1.21. The smallest absolute Gasteiger partial charge is 0.140 e. The van der Waals surface area contributed by atoms with Gasteiger partial charge in [-0.05, 0) is 83.0 Å². The van der Waals surface area contributed by atoms with Crippen LogP contribution in [0.1, 0.15) is 69.7 Å². The van der Waals surface area contributed by atoms with Gasteiger partial charge in [-0.1, -0.05) is 6.07 Å². The second kappa shape index (κ2) is 9.67. The largest absolute Gasteiger partial charge is 0.381 e. The Hall–Kier alpha value is -2.44. The Morgan fingerprint density at radius 1 is 0.853 bits per heavy atom. The zero-order valence-corrected chi connectivity index (χ0v) is 19.9. The van der Waals surface area contributed by atoms with E-state index in [1.807, 2.05) is 25.4 Å². The third-order valence-electron chi connectivity index (χ3n) is 7.45. The van der Waals surface area contributed by atoms with Gasteiger partial charge >= 0.3 is 0 Å². The van der Waals surface area contributed by atoms with Crippen molar-refractivity contribution in [2.45, 2.75) is 64.0 Å². The molecule has 0 aliphatic carbocycles. The number of fused-ring (bicyclic) bond motifs is 2. The molecule has 0 bridgehead atoms. The van der Waals surface area contributed by atoms with E-state index in [0.29, 0.717) is 39.2 Å². The van der Waals surface area contributed by atoms with Gasteiger partial charge in [-0.25, -0.2) is 8.78 Å². The molecule has 2 fully saturated rings. The summed E-state index contributed by atoms with van der Waals surface area (Å²) < 4.78 is 39.2. The minimum absolute atomic E-state index is 0.00495. The van der Waals surface area contributed by atoms with Crippen molar-refractivity contribution >= 4 is 12.4 Å². The van der Waals surface area contributed by atoms with Gasteiger partial charge < -0.3 is 9.47 Å². The number of halogens is 2. The number of aryl methyl sites for hydroxylation is 2. The molecule has 4 aliphatic heterocycles. The molecule has 34 heavy (non-hydrogen) atoms. The summed E-state index contributed by atoms with van der Waals surface area (Å²) in [4.78, 5) is 8.48. The van der Waals surface area contributed by atoms with Crippen LogP contribution >= 0.6 is 0 Å². The van der Waals surface area contributed by atoms with Crippen molar-refractivity contribution in [3.05, 3.63) is 68.8 Å². The van der Waals surface area contributed by atoms with Crippen LogP contribution < -0.4 is 0 Å². The van der Waals surface area contributed by atoms with E-state index in [-0.39, 0.29) is 12.5 Å². The lowest BCUT2D eigenvalue weighted by Crippen LogP contribution is -2.30. The molecule has 4 heterocycles. The molecule has 4 nitrogen and oxygen atoms in total. The second-order valence-corrected chi connectivity index (χ2v) is 9.78. The van der Waals surface area contributed by atoms with Crippen molar-refractivity contribution in [1.82, 2.24) is 0 Å². The average molecular weight is 467 g/mol. The van der Waals surface area contributed by atoms with E-state index < -0.39 is 11.8 Å². The van der Waals surface area contributed by atoms with Crippen molar-refractivity contribution in [2.75, 3.05) is 26.4 Å². The third-order valence-corrected chi connectivity index (χ3v) is 7.45. The molecule has 2 atom stereocenters. The molecule has 0 saturated carbocycles. The first-order valence-electron chi connectivity index (χ1n) is 12.2. The molecule has 0 amide bonds. The van der Waals surface area contributed by atoms with E-state index >= 15 is 0 Å². The maximum atomic E-state index is 14.9. The molecule has 180 valence electrons. The molecule has 2 aromatic rings. The molecule has 6 rings (SSSR count). The first-order chi connectivity index (χ1) is 16.4. The third kappa shape index (κ3) is 4.58. The highest BCUT2D eigenvalue weighted by Crippen LogP contribution is 2.39. The monoisotopic (exact) mass is 466 g/mol. The van der Waals surface area contributed by atoms with E-state index in [2.05, 4.69) is 35.1 Å². The van der Waals surface area contributed by atoms with E-state index in [4.69, 9.17) is 9.47 Å². The number of nitrogens with zero attached hydrogens (tertiary/aromatic N) is 2. The molecule has 6 heteroatoms. The number of alkyl halides is 2. The van der Waals surface area contributed by atoms with Gasteiger partial charge in [-0.3, -0.25) is 9.98 Å². The van der Waals surface area contributed by atoms with Gasteiger partial charge in [0.1, 0.15) is 11.8 Å². The Morgan fingerprint density at radius 2 is 1.50 bits per heavy atom. The average Bonchev–Trinajstić information content (AvgIpc) is 3.48. The molecule has 0 N–H and O–H groups in total. The van der Waals surface area contributed by atoms with Crippen LogP contribution in [0.15, 0.2) is 34.3 Å². The zero-order valence-electron chi connectivity index (χ0n) is 19.9. The molecule has 4 aliphatic rings. The van der Waals surface area contributed by atoms with E-state index in [9.17, 15) is 8.78 Å². The quantitative estimate of drug-likeness (QED) is 0.572. The van der Waals surface area contributed by atoms with Crippen LogP contribution in [-0.2, 0) is 28.2 Å². The molecular weight excluding hydrogens is 434 g/mol. The van der Waals surface area contributed by atoms with Crippen LogP contribution in [0, 0.1) is 13.8 Å². The SMILES string of the molecule is Cc1cc2c(cc1C1(F)CCOCC1)CN=C2.Cc1cc2c(cc1C1CCOCC1F)CN=C2. The molecule has 0 radical (unpaired) electrons. The number of hydrogen-bond acceptors (Lipinski definition) is 4. The Kier molecular flexibility index (Phi) is 6.63. The summed E-state index contributed by atoms with van der Waals surface area (Å²) in [5.74, 6) is -0.00495. The number of rotatable bonds is 2. The summed E-state index contributed by atoms with van der Waals surface area (Å²) in [7, 11) is 0. The predicted molar refractivity (Wildman–Crippen MR) is 131 cm³/mol. The van der Waals surface area contributed by atoms with Crippen LogP contribution in [0.3, 0.4) is 0 Å². The summed E-state index contributed by atoms with van der Waals surface area (Å²) >= 11 is 0. The van der Waals surface area contributed by atoms with Crippen molar-refractivity contribution in [1.29, 1.82) is 0 Å². The standard InChI is InChI=1S/2C14H16FNO/c1-10-6-11-8-16-9-12(11)7-13(10)14(15)2-4-17-5-3-14;1-9-4-10-6-16-7-11(10)5-13(9)12-2-3-17-8-14(12)15/h6-8H,2-5,9H2,1H3;4-6,12,14H,2-3,7-8H2,1H3. The van der Waals surface area contributed by atoms with Crippen molar-refractivity contribution in [2.24, 2.45) is 9.98 Å². The lowest BCUT2D eigenvalue weighted by Gasteiger charge is -2.31. The topological polar surface area (TPSA) is 43.2 Å². The number of benzene rings is 2. The molecule has 2 aromatic carbocycles. The minimum Gasteiger partial charge on any atom is -0.381 e. The summed E-state index contributed by atoms with van der Waals surface area (Å²) in [6.45, 7) is 7.41. The number of aliphatic imine (C=N–C) groups is 2. The highest BCUT2D eigenvalue weighted by atomic mass is 19.1. The van der Waals surface area contributed by atoms with Gasteiger partial charge in [0.2, 0.25) is 0 Å². The second-order valence-electron chi connectivity index (χ2n) is 9.78. The fourth-order valence-electron chi connectivity index (χ4n) is 5.47. The van der Waals surface area contributed by atoms with Gasteiger partial charge in [-0.2, -0.15) is 0 Å². The van der Waals surface area contributed by atoms with Crippen molar-refractivity contribution in [3.8, 4) is 0 Å². The molecule has 2 unspecified atom stereocenters. The molecule has 0 aromatic heterocycles. The highest BCUT2D eigenvalue weighted by molar-refractivity contribution is 5.85. The van der Waals surface area contributed by atoms with Gasteiger partial charge in [0.05, 0.1) is 19.7 Å². The zero-order chi connectivity index (χ0) is 23.7. The van der Waals surface area contributed by atoms with Crippen molar-refractivity contribution < 1.29 is 18.3 Å². The Balaban J connectivity index is 0.000000142. The maximum absolute atomic E-state index is 14.9. The Labute approximate surface area is 200 Å². The lowest BCUT2D eigenvalue weighted by molar-refractivity contribution is -0.0118. The summed E-state index contributed by atoms with van der Waals surface area (Å²) in [6, 6.07) is 8.32. The number of ether oxygens (including phenoxy) is 2. The van der Waals surface area contributed by atoms with E-state index in [1.54, 1.807) is 0 Å². The fourth-order valence-corrected chi connectivity index (χ4v) is 5.47. The Bertz CT molecular complexity index is 1120. The van der Waals surface area contributed by atoms with Crippen LogP contribution in [0.25, 0.3) is 0 Å². The Morgan fingerprint density at radius 3 is 2.18 bits per heavy atom. The summed E-state index contributed by atoms with van der Waals surface area (Å²) in [5.41, 5.74) is 7.68. The maximum Gasteiger partial charge on any atom is 0.140 e. The molecule has 0 spiro atoms. The highest BCUT2D eigenvalue weighted by Gasteiger charge is 2.36. The number of hydrogen-bond donors (Lipinski definition) is 0. The summed E-state index contributed by atoms with van der Waals surface area (Å²) in [5, 5.41) is 0. The van der Waals surface area contributed by atoms with Gasteiger partial charge in [0, 0.05) is 51.0 Å². The first-order valence-corrected chi connectivity index (χ1v) is 12.2. The van der Waals surface area contributed by atoms with Crippen molar-refractivity contribution in [3.63, 3.8) is 0 Å². The van der Waals surface area contributed by atoms with Crippen LogP contribution in [0.4, 0.5) is 8.78 Å². The van der Waals surface area contributed by atoms with Gasteiger partial charge in [-0.15, -0.1) is 0 Å². The first kappa shape index (κ1) is 23.3. The van der Waals surface area contributed by atoms with E-state index in [0.717, 1.165) is 40.8 Å². The predicted octanol–water partition coefficient (Wildman–Crippen LogP) is 5.67. The lowest BCUT2D eigenvalue weighted by atomic mass is 9.84.